The Kier molecular flexibility index (Phi) is 4.32. The van der Waals surface area contributed by atoms with Crippen LogP contribution >= 0.6 is 11.8 Å². The first-order chi connectivity index (χ1) is 8.58. The Hall–Kier alpha value is -0.970. The number of nitrogens with zero attached hydrogens (tertiary/aromatic N) is 1. The Labute approximate surface area is 111 Å². The minimum absolute atomic E-state index is 0.0856. The summed E-state index contributed by atoms with van der Waals surface area (Å²) in [5.41, 5.74) is 0.887. The third-order valence-electron chi connectivity index (χ3n) is 3.53. The quantitative estimate of drug-likeness (QED) is 0.852. The zero-order valence-corrected chi connectivity index (χ0v) is 11.6. The summed E-state index contributed by atoms with van der Waals surface area (Å²) >= 11 is 1.49. The van der Waals surface area contributed by atoms with Crippen LogP contribution in [0.15, 0.2) is 9.64 Å². The van der Waals surface area contributed by atoms with Crippen LogP contribution in [0.5, 0.6) is 0 Å². The largest absolute Gasteiger partial charge is 0.481 e. The molecule has 5 heteroatoms. The number of aliphatic carboxylic acids is 1. The van der Waals surface area contributed by atoms with Gasteiger partial charge in [0.2, 0.25) is 0 Å². The van der Waals surface area contributed by atoms with Crippen LogP contribution < -0.4 is 0 Å². The molecule has 1 aliphatic carbocycles. The van der Waals surface area contributed by atoms with Crippen molar-refractivity contribution in [1.82, 2.24) is 4.98 Å². The first-order valence-electron chi connectivity index (χ1n) is 6.41. The van der Waals surface area contributed by atoms with Crippen LogP contribution in [0.1, 0.15) is 43.6 Å². The molecule has 1 aliphatic rings. The minimum Gasteiger partial charge on any atom is -0.481 e. The topological polar surface area (TPSA) is 63.3 Å². The lowest BCUT2D eigenvalue weighted by molar-refractivity contribution is -0.141. The van der Waals surface area contributed by atoms with E-state index in [1.54, 1.807) is 0 Å². The highest BCUT2D eigenvalue weighted by Gasteiger charge is 2.31. The third kappa shape index (κ3) is 3.07. The fraction of sp³-hybridized carbons (Fsp3) is 0.692. The molecular formula is C13H19NO3S. The lowest BCUT2D eigenvalue weighted by atomic mass is 10.0. The van der Waals surface area contributed by atoms with Crippen LogP contribution in [-0.4, -0.2) is 21.3 Å². The maximum atomic E-state index is 11.3. The molecule has 0 radical (unpaired) electrons. The van der Waals surface area contributed by atoms with Gasteiger partial charge in [-0.3, -0.25) is 4.79 Å². The molecule has 0 saturated heterocycles. The number of aromatic nitrogens is 1. The van der Waals surface area contributed by atoms with Crippen molar-refractivity contribution in [3.63, 3.8) is 0 Å². The molecular weight excluding hydrogens is 250 g/mol. The highest BCUT2D eigenvalue weighted by atomic mass is 32.2. The van der Waals surface area contributed by atoms with E-state index in [0.29, 0.717) is 5.22 Å². The van der Waals surface area contributed by atoms with Gasteiger partial charge in [-0.25, -0.2) is 4.98 Å². The summed E-state index contributed by atoms with van der Waals surface area (Å²) in [6.45, 7) is 3.79. The smallest absolute Gasteiger partial charge is 0.307 e. The summed E-state index contributed by atoms with van der Waals surface area (Å²) in [6.07, 6.45) is 4.94. The SMILES string of the molecule is Cc1nc(SC2CCCCCC2C(=O)O)oc1C. The first kappa shape index (κ1) is 13.5. The molecule has 1 fully saturated rings. The van der Waals surface area contributed by atoms with Crippen molar-refractivity contribution in [3.05, 3.63) is 11.5 Å². The summed E-state index contributed by atoms with van der Waals surface area (Å²) < 4.78 is 5.54. The molecule has 2 unspecified atom stereocenters. The maximum Gasteiger partial charge on any atom is 0.307 e. The van der Waals surface area contributed by atoms with Gasteiger partial charge in [0, 0.05) is 5.25 Å². The highest BCUT2D eigenvalue weighted by molar-refractivity contribution is 7.99. The van der Waals surface area contributed by atoms with E-state index in [4.69, 9.17) is 4.42 Å². The second-order valence-corrected chi connectivity index (χ2v) is 6.05. The third-order valence-corrected chi connectivity index (χ3v) is 4.77. The van der Waals surface area contributed by atoms with E-state index >= 15 is 0 Å². The van der Waals surface area contributed by atoms with Gasteiger partial charge in [-0.05, 0) is 26.7 Å². The molecule has 1 heterocycles. The summed E-state index contributed by atoms with van der Waals surface area (Å²) in [4.78, 5) is 15.6. The Morgan fingerprint density at radius 3 is 2.67 bits per heavy atom. The van der Waals surface area contributed by atoms with Crippen LogP contribution in [0.25, 0.3) is 0 Å². The monoisotopic (exact) mass is 269 g/mol. The van der Waals surface area contributed by atoms with Crippen LogP contribution in [-0.2, 0) is 4.79 Å². The van der Waals surface area contributed by atoms with Crippen LogP contribution in [0, 0.1) is 19.8 Å². The Morgan fingerprint density at radius 1 is 1.33 bits per heavy atom. The molecule has 18 heavy (non-hydrogen) atoms. The van der Waals surface area contributed by atoms with Crippen molar-refractivity contribution >= 4 is 17.7 Å². The van der Waals surface area contributed by atoms with E-state index < -0.39 is 5.97 Å². The molecule has 0 bridgehead atoms. The van der Waals surface area contributed by atoms with E-state index in [1.165, 1.54) is 11.8 Å². The van der Waals surface area contributed by atoms with Crippen molar-refractivity contribution < 1.29 is 14.3 Å². The summed E-state index contributed by atoms with van der Waals surface area (Å²) in [5.74, 6) is -0.141. The van der Waals surface area contributed by atoms with Crippen molar-refractivity contribution in [1.29, 1.82) is 0 Å². The highest BCUT2D eigenvalue weighted by Crippen LogP contribution is 2.36. The normalized spacial score (nSPS) is 24.8. The van der Waals surface area contributed by atoms with Crippen molar-refractivity contribution in [2.45, 2.75) is 56.4 Å². The van der Waals surface area contributed by atoms with Gasteiger partial charge in [0.15, 0.2) is 0 Å². The van der Waals surface area contributed by atoms with E-state index in [1.807, 2.05) is 13.8 Å². The van der Waals surface area contributed by atoms with Gasteiger partial charge >= 0.3 is 5.97 Å². The van der Waals surface area contributed by atoms with Crippen LogP contribution in [0.4, 0.5) is 0 Å². The maximum absolute atomic E-state index is 11.3. The first-order valence-corrected chi connectivity index (χ1v) is 7.29. The number of hydrogen-bond donors (Lipinski definition) is 1. The Bertz CT molecular complexity index is 410. The van der Waals surface area contributed by atoms with Gasteiger partial charge < -0.3 is 9.52 Å². The average molecular weight is 269 g/mol. The zero-order valence-electron chi connectivity index (χ0n) is 10.8. The van der Waals surface area contributed by atoms with Crippen molar-refractivity contribution in [2.75, 3.05) is 0 Å². The molecule has 0 spiro atoms. The van der Waals surface area contributed by atoms with Crippen molar-refractivity contribution in [3.8, 4) is 0 Å². The number of rotatable bonds is 3. The molecule has 1 N–H and O–H groups in total. The van der Waals surface area contributed by atoms with Crippen molar-refractivity contribution in [2.24, 2.45) is 5.92 Å². The van der Waals surface area contributed by atoms with Crippen LogP contribution in [0.2, 0.25) is 0 Å². The summed E-state index contributed by atoms with van der Waals surface area (Å²) in [6, 6.07) is 0. The van der Waals surface area contributed by atoms with E-state index in [-0.39, 0.29) is 11.2 Å². The number of hydrogen-bond acceptors (Lipinski definition) is 4. The number of aryl methyl sites for hydroxylation is 2. The van der Waals surface area contributed by atoms with Gasteiger partial charge in [0.1, 0.15) is 5.76 Å². The summed E-state index contributed by atoms with van der Waals surface area (Å²) in [5, 5.41) is 10.0. The number of carboxylic acid groups (broad SMARTS) is 1. The Balaban J connectivity index is 2.10. The number of carbonyl (C=O) groups is 1. The molecule has 0 aromatic carbocycles. The van der Waals surface area contributed by atoms with Gasteiger partial charge in [-0.1, -0.05) is 31.0 Å². The van der Waals surface area contributed by atoms with Crippen LogP contribution in [0.3, 0.4) is 0 Å². The van der Waals surface area contributed by atoms with Gasteiger partial charge in [0.25, 0.3) is 5.22 Å². The molecule has 1 aromatic rings. The van der Waals surface area contributed by atoms with E-state index in [0.717, 1.165) is 43.6 Å². The molecule has 0 aliphatic heterocycles. The summed E-state index contributed by atoms with van der Waals surface area (Å²) in [7, 11) is 0. The molecule has 0 amide bonds. The molecule has 1 saturated carbocycles. The Morgan fingerprint density at radius 2 is 2.06 bits per heavy atom. The predicted molar refractivity (Wildman–Crippen MR) is 69.8 cm³/mol. The number of carboxylic acids is 1. The molecule has 2 rings (SSSR count). The standard InChI is InChI=1S/C13H19NO3S/c1-8-9(2)17-13(14-8)18-11-7-5-3-4-6-10(11)12(15)16/h10-11H,3-7H2,1-2H3,(H,15,16). The van der Waals surface area contributed by atoms with E-state index in [2.05, 4.69) is 4.98 Å². The minimum atomic E-state index is -0.686. The van der Waals surface area contributed by atoms with Gasteiger partial charge in [0.05, 0.1) is 11.6 Å². The fourth-order valence-electron chi connectivity index (χ4n) is 2.32. The van der Waals surface area contributed by atoms with E-state index in [9.17, 15) is 9.90 Å². The molecule has 4 nitrogen and oxygen atoms in total. The second kappa shape index (κ2) is 5.78. The van der Waals surface area contributed by atoms with Gasteiger partial charge in [-0.15, -0.1) is 0 Å². The molecule has 1 aromatic heterocycles. The molecule has 2 atom stereocenters. The number of thioether (sulfide) groups is 1. The fourth-order valence-corrected chi connectivity index (χ4v) is 3.64. The lowest BCUT2D eigenvalue weighted by Gasteiger charge is -2.18. The number of oxazole rings is 1. The second-order valence-electron chi connectivity index (χ2n) is 4.86. The predicted octanol–water partition coefficient (Wildman–Crippen LogP) is 3.42. The molecule has 100 valence electrons. The average Bonchev–Trinajstić information content (AvgIpc) is 2.53. The van der Waals surface area contributed by atoms with Gasteiger partial charge in [-0.2, -0.15) is 0 Å². The lowest BCUT2D eigenvalue weighted by Crippen LogP contribution is -2.24. The zero-order chi connectivity index (χ0) is 13.1.